The van der Waals surface area contributed by atoms with E-state index in [1.165, 1.54) is 0 Å². The van der Waals surface area contributed by atoms with Crippen molar-refractivity contribution < 1.29 is 9.53 Å². The van der Waals surface area contributed by atoms with Crippen LogP contribution in [0.15, 0.2) is 29.3 Å². The minimum atomic E-state index is -0.503. The number of carbonyl (C=O) groups is 1. The summed E-state index contributed by atoms with van der Waals surface area (Å²) in [5.74, 6) is 1.15. The molecule has 0 aliphatic heterocycles. The Hall–Kier alpha value is -2.24. The number of primary amides is 1. The quantitative estimate of drug-likeness (QED) is 0.491. The molecule has 0 unspecified atom stereocenters. The second kappa shape index (κ2) is 8.84. The number of hydrogen-bond acceptors (Lipinski definition) is 3. The molecule has 116 valence electrons. The molecule has 1 rings (SSSR count). The van der Waals surface area contributed by atoms with E-state index >= 15 is 0 Å². The van der Waals surface area contributed by atoms with Gasteiger partial charge in [0.15, 0.2) is 12.6 Å². The molecule has 0 spiro atoms. The molecule has 5 N–H and O–H groups in total. The zero-order valence-electron chi connectivity index (χ0n) is 12.6. The Balaban J connectivity index is 2.46. The third-order valence-corrected chi connectivity index (χ3v) is 2.74. The number of guanidine groups is 1. The number of ether oxygens (including phenoxy) is 1. The molecule has 0 atom stereocenters. The van der Waals surface area contributed by atoms with Crippen LogP contribution in [0.25, 0.3) is 0 Å². The SMILES string of the molecule is CC(C)CCNC(N)=NCc1cccc(OCC(N)=O)c1. The molecule has 0 bridgehead atoms. The Morgan fingerprint density at radius 3 is 2.81 bits per heavy atom. The van der Waals surface area contributed by atoms with Gasteiger partial charge >= 0.3 is 0 Å². The summed E-state index contributed by atoms with van der Waals surface area (Å²) in [5, 5.41) is 3.07. The lowest BCUT2D eigenvalue weighted by Crippen LogP contribution is -2.32. The van der Waals surface area contributed by atoms with Crippen LogP contribution < -0.4 is 21.5 Å². The minimum absolute atomic E-state index is 0.133. The molecule has 1 aromatic carbocycles. The van der Waals surface area contributed by atoms with Crippen molar-refractivity contribution in [1.82, 2.24) is 5.32 Å². The van der Waals surface area contributed by atoms with Crippen molar-refractivity contribution in [3.05, 3.63) is 29.8 Å². The number of rotatable bonds is 8. The second-order valence-electron chi connectivity index (χ2n) is 5.21. The van der Waals surface area contributed by atoms with Gasteiger partial charge in [-0.05, 0) is 30.0 Å². The Morgan fingerprint density at radius 2 is 2.14 bits per heavy atom. The summed E-state index contributed by atoms with van der Waals surface area (Å²) >= 11 is 0. The Labute approximate surface area is 125 Å². The van der Waals surface area contributed by atoms with Crippen molar-refractivity contribution >= 4 is 11.9 Å². The lowest BCUT2D eigenvalue weighted by atomic mass is 10.1. The molecule has 0 saturated carbocycles. The Morgan fingerprint density at radius 1 is 1.38 bits per heavy atom. The van der Waals surface area contributed by atoms with Crippen LogP contribution in [-0.4, -0.2) is 25.0 Å². The number of amides is 1. The molecule has 1 aromatic rings. The largest absolute Gasteiger partial charge is 0.484 e. The van der Waals surface area contributed by atoms with Gasteiger partial charge in [0.25, 0.3) is 5.91 Å². The molecule has 0 aliphatic carbocycles. The van der Waals surface area contributed by atoms with Crippen molar-refractivity contribution in [3.63, 3.8) is 0 Å². The molecule has 1 amide bonds. The minimum Gasteiger partial charge on any atom is -0.484 e. The highest BCUT2D eigenvalue weighted by Crippen LogP contribution is 2.13. The summed E-state index contributed by atoms with van der Waals surface area (Å²) in [5.41, 5.74) is 11.8. The van der Waals surface area contributed by atoms with E-state index in [-0.39, 0.29) is 6.61 Å². The molecule has 6 nitrogen and oxygen atoms in total. The summed E-state index contributed by atoms with van der Waals surface area (Å²) < 4.78 is 5.24. The molecule has 6 heteroatoms. The molecular formula is C15H24N4O2. The van der Waals surface area contributed by atoms with Crippen molar-refractivity contribution in [1.29, 1.82) is 0 Å². The summed E-state index contributed by atoms with van der Waals surface area (Å²) in [7, 11) is 0. The maximum Gasteiger partial charge on any atom is 0.255 e. The Bertz CT molecular complexity index is 486. The lowest BCUT2D eigenvalue weighted by molar-refractivity contribution is -0.119. The van der Waals surface area contributed by atoms with Gasteiger partial charge in [0.2, 0.25) is 0 Å². The Kier molecular flexibility index (Phi) is 7.08. The van der Waals surface area contributed by atoms with E-state index in [0.717, 1.165) is 18.5 Å². The first-order valence-electron chi connectivity index (χ1n) is 7.01. The van der Waals surface area contributed by atoms with Gasteiger partial charge in [-0.1, -0.05) is 26.0 Å². The fourth-order valence-electron chi connectivity index (χ4n) is 1.61. The van der Waals surface area contributed by atoms with Crippen molar-refractivity contribution in [2.45, 2.75) is 26.8 Å². The number of nitrogens with zero attached hydrogens (tertiary/aromatic N) is 1. The van der Waals surface area contributed by atoms with E-state index in [1.807, 2.05) is 18.2 Å². The van der Waals surface area contributed by atoms with Crippen LogP contribution in [0.3, 0.4) is 0 Å². The average Bonchev–Trinajstić information content (AvgIpc) is 2.43. The van der Waals surface area contributed by atoms with Crippen LogP contribution in [0.5, 0.6) is 5.75 Å². The topological polar surface area (TPSA) is 103 Å². The van der Waals surface area contributed by atoms with Crippen LogP contribution in [-0.2, 0) is 11.3 Å². The fraction of sp³-hybridized carbons (Fsp3) is 0.467. The molecule has 0 saturated heterocycles. The van der Waals surface area contributed by atoms with Gasteiger partial charge in [0.05, 0.1) is 6.54 Å². The maximum atomic E-state index is 10.7. The second-order valence-corrected chi connectivity index (χ2v) is 5.21. The van der Waals surface area contributed by atoms with Gasteiger partial charge in [0.1, 0.15) is 5.75 Å². The zero-order chi connectivity index (χ0) is 15.7. The van der Waals surface area contributed by atoms with Gasteiger partial charge in [-0.15, -0.1) is 0 Å². The molecule has 0 aliphatic rings. The molecule has 0 fully saturated rings. The first-order chi connectivity index (χ1) is 9.97. The number of hydrogen-bond donors (Lipinski definition) is 3. The monoisotopic (exact) mass is 292 g/mol. The van der Waals surface area contributed by atoms with Crippen LogP contribution in [0.2, 0.25) is 0 Å². The van der Waals surface area contributed by atoms with Crippen LogP contribution in [0.4, 0.5) is 0 Å². The lowest BCUT2D eigenvalue weighted by Gasteiger charge is -2.08. The summed E-state index contributed by atoms with van der Waals surface area (Å²) in [6, 6.07) is 7.33. The third-order valence-electron chi connectivity index (χ3n) is 2.74. The van der Waals surface area contributed by atoms with E-state index in [2.05, 4.69) is 24.2 Å². The number of aliphatic imine (C=N–C) groups is 1. The highest BCUT2D eigenvalue weighted by Gasteiger charge is 2.00. The van der Waals surface area contributed by atoms with Crippen molar-refractivity contribution in [2.75, 3.05) is 13.2 Å². The standard InChI is InChI=1S/C15H24N4O2/c1-11(2)6-7-18-15(17)19-9-12-4-3-5-13(8-12)21-10-14(16)20/h3-5,8,11H,6-7,9-10H2,1-2H3,(H2,16,20)(H3,17,18,19). The van der Waals surface area contributed by atoms with E-state index < -0.39 is 5.91 Å². The van der Waals surface area contributed by atoms with Crippen LogP contribution in [0.1, 0.15) is 25.8 Å². The molecule has 0 heterocycles. The van der Waals surface area contributed by atoms with E-state index in [0.29, 0.717) is 24.2 Å². The van der Waals surface area contributed by atoms with Gasteiger partial charge in [-0.3, -0.25) is 4.79 Å². The third kappa shape index (κ3) is 7.81. The molecule has 21 heavy (non-hydrogen) atoms. The smallest absolute Gasteiger partial charge is 0.255 e. The van der Waals surface area contributed by atoms with Gasteiger partial charge in [-0.25, -0.2) is 4.99 Å². The zero-order valence-corrected chi connectivity index (χ0v) is 12.6. The number of nitrogens with one attached hydrogen (secondary N) is 1. The van der Waals surface area contributed by atoms with Crippen molar-refractivity contribution in [2.24, 2.45) is 22.4 Å². The first-order valence-corrected chi connectivity index (χ1v) is 7.01. The van der Waals surface area contributed by atoms with Gasteiger partial charge < -0.3 is 21.5 Å². The first kappa shape index (κ1) is 16.8. The number of benzene rings is 1. The van der Waals surface area contributed by atoms with Crippen LogP contribution in [0, 0.1) is 5.92 Å². The molecule has 0 radical (unpaired) electrons. The van der Waals surface area contributed by atoms with Gasteiger partial charge in [0, 0.05) is 6.54 Å². The summed E-state index contributed by atoms with van der Waals surface area (Å²) in [4.78, 5) is 14.9. The predicted octanol–water partition coefficient (Wildman–Crippen LogP) is 1.00. The number of nitrogens with two attached hydrogens (primary N) is 2. The number of carbonyl (C=O) groups excluding carboxylic acids is 1. The fourth-order valence-corrected chi connectivity index (χ4v) is 1.61. The van der Waals surface area contributed by atoms with E-state index in [9.17, 15) is 4.79 Å². The molecular weight excluding hydrogens is 268 g/mol. The van der Waals surface area contributed by atoms with Crippen LogP contribution >= 0.6 is 0 Å². The predicted molar refractivity (Wildman–Crippen MR) is 83.9 cm³/mol. The van der Waals surface area contributed by atoms with E-state index in [1.54, 1.807) is 6.07 Å². The van der Waals surface area contributed by atoms with Gasteiger partial charge in [-0.2, -0.15) is 0 Å². The summed E-state index contributed by atoms with van der Waals surface area (Å²) in [6.45, 7) is 5.45. The van der Waals surface area contributed by atoms with E-state index in [4.69, 9.17) is 16.2 Å². The highest BCUT2D eigenvalue weighted by molar-refractivity contribution is 5.77. The summed E-state index contributed by atoms with van der Waals surface area (Å²) in [6.07, 6.45) is 1.05. The maximum absolute atomic E-state index is 10.7. The average molecular weight is 292 g/mol. The molecule has 0 aromatic heterocycles. The normalized spacial score (nSPS) is 11.5. The van der Waals surface area contributed by atoms with Crippen molar-refractivity contribution in [3.8, 4) is 5.75 Å². The highest BCUT2D eigenvalue weighted by atomic mass is 16.5.